The fourth-order valence-electron chi connectivity index (χ4n) is 2.98. The Morgan fingerprint density at radius 3 is 3.21 bits per heavy atom. The number of aromatic amines is 1. The van der Waals surface area contributed by atoms with Crippen LogP contribution in [0.15, 0.2) is 52.6 Å². The van der Waals surface area contributed by atoms with Crippen LogP contribution in [-0.2, 0) is 6.42 Å². The highest BCUT2D eigenvalue weighted by atomic mass is 32.2. The van der Waals surface area contributed by atoms with E-state index in [0.717, 1.165) is 18.8 Å². The topological polar surface area (TPSA) is 67.2 Å². The summed E-state index contributed by atoms with van der Waals surface area (Å²) < 4.78 is 11.0. The highest BCUT2D eigenvalue weighted by Gasteiger charge is 2.27. The van der Waals surface area contributed by atoms with E-state index in [-0.39, 0.29) is 5.37 Å². The van der Waals surface area contributed by atoms with Crippen LogP contribution in [0.5, 0.6) is 5.75 Å². The summed E-state index contributed by atoms with van der Waals surface area (Å²) in [6.07, 6.45) is 4.61. The van der Waals surface area contributed by atoms with Crippen LogP contribution in [0.2, 0.25) is 0 Å². The number of ether oxygens (including phenoxy) is 1. The summed E-state index contributed by atoms with van der Waals surface area (Å²) in [6, 6.07) is 10.1. The lowest BCUT2D eigenvalue weighted by Gasteiger charge is -2.22. The minimum atomic E-state index is 0.133. The summed E-state index contributed by atoms with van der Waals surface area (Å²) in [7, 11) is 0. The van der Waals surface area contributed by atoms with Gasteiger partial charge < -0.3 is 14.1 Å². The highest BCUT2D eigenvalue weighted by molar-refractivity contribution is 8.02. The van der Waals surface area contributed by atoms with Gasteiger partial charge in [-0.15, -0.1) is 16.9 Å². The van der Waals surface area contributed by atoms with E-state index in [4.69, 9.17) is 9.15 Å². The van der Waals surface area contributed by atoms with Crippen molar-refractivity contribution in [2.24, 2.45) is 0 Å². The molecule has 5 rings (SSSR count). The number of aromatic nitrogens is 3. The molecule has 1 N–H and O–H groups in total. The summed E-state index contributed by atoms with van der Waals surface area (Å²) in [5.74, 6) is 2.91. The summed E-state index contributed by atoms with van der Waals surface area (Å²) >= 11 is 1.74. The van der Waals surface area contributed by atoms with E-state index in [1.165, 1.54) is 11.1 Å². The van der Waals surface area contributed by atoms with E-state index in [1.807, 2.05) is 18.3 Å². The van der Waals surface area contributed by atoms with Gasteiger partial charge in [0.1, 0.15) is 11.1 Å². The number of anilines is 1. The van der Waals surface area contributed by atoms with Crippen molar-refractivity contribution < 1.29 is 9.15 Å². The van der Waals surface area contributed by atoms with Gasteiger partial charge in [-0.3, -0.25) is 0 Å². The average Bonchev–Trinajstić information content (AvgIpc) is 3.41. The van der Waals surface area contributed by atoms with Crippen LogP contribution in [-0.4, -0.2) is 21.8 Å². The molecule has 0 radical (unpaired) electrons. The fourth-order valence-corrected chi connectivity index (χ4v) is 3.94. The number of benzene rings is 1. The lowest BCUT2D eigenvalue weighted by atomic mass is 10.1. The predicted molar refractivity (Wildman–Crippen MR) is 91.7 cm³/mol. The Labute approximate surface area is 142 Å². The number of rotatable bonds is 3. The number of nitrogens with zero attached hydrogens (tertiary/aromatic N) is 3. The Hall–Kier alpha value is -2.67. The van der Waals surface area contributed by atoms with E-state index in [2.05, 4.69) is 43.7 Å². The molecule has 1 unspecified atom stereocenters. The summed E-state index contributed by atoms with van der Waals surface area (Å²) in [4.78, 5) is 6.64. The van der Waals surface area contributed by atoms with Gasteiger partial charge in [-0.1, -0.05) is 6.07 Å². The van der Waals surface area contributed by atoms with Gasteiger partial charge in [0.15, 0.2) is 5.76 Å². The van der Waals surface area contributed by atoms with Gasteiger partial charge in [0.2, 0.25) is 11.8 Å². The Morgan fingerprint density at radius 1 is 1.29 bits per heavy atom. The maximum Gasteiger partial charge on any atom is 0.227 e. The van der Waals surface area contributed by atoms with E-state index < -0.39 is 0 Å². The molecule has 1 atom stereocenters. The van der Waals surface area contributed by atoms with Crippen LogP contribution in [0.3, 0.4) is 0 Å². The van der Waals surface area contributed by atoms with Gasteiger partial charge in [-0.05, 0) is 40.8 Å². The first-order valence-electron chi connectivity index (χ1n) is 7.71. The highest BCUT2D eigenvalue weighted by Crippen LogP contribution is 2.42. The zero-order chi connectivity index (χ0) is 15.9. The molecule has 0 saturated heterocycles. The molecule has 2 aliphatic heterocycles. The van der Waals surface area contributed by atoms with Crippen LogP contribution in [0.1, 0.15) is 16.5 Å². The smallest absolute Gasteiger partial charge is 0.227 e. The van der Waals surface area contributed by atoms with Crippen molar-refractivity contribution in [3.63, 3.8) is 0 Å². The van der Waals surface area contributed by atoms with Crippen LogP contribution in [0.25, 0.3) is 11.6 Å². The van der Waals surface area contributed by atoms with Crippen molar-refractivity contribution >= 4 is 17.7 Å². The van der Waals surface area contributed by atoms with E-state index in [1.54, 1.807) is 18.0 Å². The minimum absolute atomic E-state index is 0.133. The first kappa shape index (κ1) is 13.7. The van der Waals surface area contributed by atoms with Crippen molar-refractivity contribution in [1.29, 1.82) is 0 Å². The third-order valence-electron chi connectivity index (χ3n) is 4.14. The Bertz CT molecular complexity index is 903. The van der Waals surface area contributed by atoms with Crippen LogP contribution >= 0.6 is 11.8 Å². The number of hydrogen-bond donors (Lipinski definition) is 1. The number of H-pyrrole nitrogens is 1. The van der Waals surface area contributed by atoms with Gasteiger partial charge in [0.05, 0.1) is 12.9 Å². The quantitative estimate of drug-likeness (QED) is 0.785. The monoisotopic (exact) mass is 338 g/mol. The van der Waals surface area contributed by atoms with Crippen LogP contribution < -0.4 is 9.64 Å². The Kier molecular flexibility index (Phi) is 3.12. The Balaban J connectivity index is 1.46. The molecule has 2 aliphatic rings. The zero-order valence-corrected chi connectivity index (χ0v) is 13.5. The van der Waals surface area contributed by atoms with Gasteiger partial charge in [-0.2, -0.15) is 4.98 Å². The third-order valence-corrected chi connectivity index (χ3v) is 5.18. The molecule has 120 valence electrons. The number of thioether (sulfide) groups is 1. The number of furan rings is 1. The van der Waals surface area contributed by atoms with Crippen molar-refractivity contribution in [2.45, 2.75) is 11.8 Å². The molecule has 0 bridgehead atoms. The lowest BCUT2D eigenvalue weighted by molar-refractivity contribution is 0.357. The molecule has 3 aromatic rings. The van der Waals surface area contributed by atoms with Crippen molar-refractivity contribution in [3.05, 3.63) is 59.3 Å². The maximum atomic E-state index is 5.60. The molecule has 0 fully saturated rings. The molecule has 7 heteroatoms. The second-order valence-corrected chi connectivity index (χ2v) is 6.60. The van der Waals surface area contributed by atoms with Crippen molar-refractivity contribution in [3.8, 4) is 17.3 Å². The van der Waals surface area contributed by atoms with Gasteiger partial charge in [0, 0.05) is 12.6 Å². The van der Waals surface area contributed by atoms with Crippen molar-refractivity contribution in [2.75, 3.05) is 11.5 Å². The van der Waals surface area contributed by atoms with Crippen LogP contribution in [0, 0.1) is 0 Å². The molecule has 0 saturated carbocycles. The molecular weight excluding hydrogens is 324 g/mol. The fraction of sp³-hybridized carbons (Fsp3) is 0.176. The number of hydrogen-bond acceptors (Lipinski definition) is 6. The molecule has 1 aromatic carbocycles. The van der Waals surface area contributed by atoms with E-state index in [9.17, 15) is 0 Å². The van der Waals surface area contributed by atoms with Gasteiger partial charge >= 0.3 is 0 Å². The second-order valence-electron chi connectivity index (χ2n) is 5.61. The molecule has 24 heavy (non-hydrogen) atoms. The van der Waals surface area contributed by atoms with Gasteiger partial charge in [0.25, 0.3) is 0 Å². The lowest BCUT2D eigenvalue weighted by Crippen LogP contribution is -2.18. The second kappa shape index (κ2) is 5.45. The van der Waals surface area contributed by atoms with Crippen LogP contribution in [0.4, 0.5) is 5.95 Å². The Morgan fingerprint density at radius 2 is 2.29 bits per heavy atom. The number of fused-ring (bicyclic) bond motifs is 1. The summed E-state index contributed by atoms with van der Waals surface area (Å²) in [5.41, 5.74) is 2.50. The minimum Gasteiger partial charge on any atom is -0.493 e. The zero-order valence-electron chi connectivity index (χ0n) is 12.7. The first-order valence-corrected chi connectivity index (χ1v) is 8.65. The first-order chi connectivity index (χ1) is 11.9. The largest absolute Gasteiger partial charge is 0.493 e. The average molecular weight is 338 g/mol. The molecule has 0 spiro atoms. The summed E-state index contributed by atoms with van der Waals surface area (Å²) in [6.45, 7) is 0.771. The number of nitrogens with one attached hydrogen (secondary N) is 1. The molecule has 2 aromatic heterocycles. The molecule has 0 amide bonds. The summed E-state index contributed by atoms with van der Waals surface area (Å²) in [5, 5.41) is 9.46. The SMILES string of the molecule is C1=CN(c2nc(-c3ccco3)n[nH]2)C(c2ccc3c(c2)CCO3)S1. The third kappa shape index (κ3) is 2.20. The standard InChI is InChI=1S/C17H14N4O2S/c1-2-14(22-7-1)15-18-17(20-19-15)21-6-9-24-16(21)12-3-4-13-11(10-12)5-8-23-13/h1-4,6-7,9-10,16H,5,8H2,(H,18,19,20). The van der Waals surface area contributed by atoms with E-state index >= 15 is 0 Å². The maximum absolute atomic E-state index is 5.60. The normalized spacial score (nSPS) is 18.8. The molecule has 6 nitrogen and oxygen atoms in total. The predicted octanol–water partition coefficient (Wildman–Crippen LogP) is 3.72. The van der Waals surface area contributed by atoms with Crippen molar-refractivity contribution in [1.82, 2.24) is 15.2 Å². The van der Waals surface area contributed by atoms with Gasteiger partial charge in [-0.25, -0.2) is 5.10 Å². The van der Waals surface area contributed by atoms with E-state index in [0.29, 0.717) is 17.5 Å². The molecule has 4 heterocycles. The molecule has 0 aliphatic carbocycles. The molecular formula is C17H14N4O2S.